The molecule has 0 radical (unpaired) electrons. The van der Waals surface area contributed by atoms with Crippen LogP contribution in [0.3, 0.4) is 0 Å². The summed E-state index contributed by atoms with van der Waals surface area (Å²) in [5.41, 5.74) is 3.88. The number of non-ortho nitro benzene ring substituents is 1. The molecule has 0 saturated heterocycles. The third-order valence-corrected chi connectivity index (χ3v) is 6.51. The Morgan fingerprint density at radius 3 is 2.10 bits per heavy atom. The van der Waals surface area contributed by atoms with Crippen LogP contribution in [0.4, 0.5) is 11.6 Å². The van der Waals surface area contributed by atoms with E-state index < -0.39 is 4.92 Å². The molecule has 5 aromatic rings. The highest BCUT2D eigenvalue weighted by Crippen LogP contribution is 2.43. The van der Waals surface area contributed by atoms with E-state index in [1.807, 2.05) is 66.7 Å². The first-order chi connectivity index (χ1) is 20.5. The second-order valence-electron chi connectivity index (χ2n) is 9.06. The van der Waals surface area contributed by atoms with Crippen molar-refractivity contribution in [2.45, 2.75) is 6.61 Å². The molecule has 4 aromatic carbocycles. The van der Waals surface area contributed by atoms with Gasteiger partial charge in [0.2, 0.25) is 5.88 Å². The number of furan rings is 1. The van der Waals surface area contributed by atoms with Crippen LogP contribution in [0.15, 0.2) is 106 Å². The molecule has 1 heterocycles. The van der Waals surface area contributed by atoms with Crippen molar-refractivity contribution in [2.24, 2.45) is 4.99 Å². The van der Waals surface area contributed by atoms with Crippen molar-refractivity contribution in [3.05, 3.63) is 124 Å². The standard InChI is InChI=1S/C33H25N3O6/c1-39-27-15-9-23(10-16-27)31-29(19-34)33(42-32(31)24-11-17-28(40-2)18-12-24)35-20-25-5-3-4-6-30(25)41-21-22-7-13-26(14-8-22)36(37)38/h3-18,20H,21H2,1-2H3. The van der Waals surface area contributed by atoms with E-state index in [4.69, 9.17) is 18.6 Å². The molecular weight excluding hydrogens is 534 g/mol. The van der Waals surface area contributed by atoms with Crippen LogP contribution < -0.4 is 14.2 Å². The molecule has 9 nitrogen and oxygen atoms in total. The number of para-hydroxylation sites is 1. The molecule has 5 rings (SSSR count). The summed E-state index contributed by atoms with van der Waals surface area (Å²) in [4.78, 5) is 15.1. The number of nitro benzene ring substituents is 1. The van der Waals surface area contributed by atoms with Gasteiger partial charge < -0.3 is 18.6 Å². The van der Waals surface area contributed by atoms with E-state index in [2.05, 4.69) is 11.1 Å². The summed E-state index contributed by atoms with van der Waals surface area (Å²) in [6.45, 7) is 0.205. The Morgan fingerprint density at radius 2 is 1.50 bits per heavy atom. The normalized spacial score (nSPS) is 10.8. The van der Waals surface area contributed by atoms with Crippen molar-refractivity contribution in [3.8, 4) is 45.8 Å². The number of ether oxygens (including phenoxy) is 3. The second kappa shape index (κ2) is 12.5. The van der Waals surface area contributed by atoms with E-state index in [1.54, 1.807) is 38.6 Å². The first-order valence-corrected chi connectivity index (χ1v) is 12.9. The van der Waals surface area contributed by atoms with Gasteiger partial charge in [-0.05, 0) is 71.8 Å². The van der Waals surface area contributed by atoms with Gasteiger partial charge in [-0.25, -0.2) is 4.99 Å². The number of hydrogen-bond acceptors (Lipinski definition) is 8. The molecule has 0 aliphatic rings. The lowest BCUT2D eigenvalue weighted by Crippen LogP contribution is -1.98. The average molecular weight is 560 g/mol. The molecular formula is C33H25N3O6. The third-order valence-electron chi connectivity index (χ3n) is 6.51. The maximum atomic E-state index is 10.9. The lowest BCUT2D eigenvalue weighted by atomic mass is 9.98. The quantitative estimate of drug-likeness (QED) is 0.0975. The fourth-order valence-corrected chi connectivity index (χ4v) is 4.31. The molecule has 0 fully saturated rings. The Bertz CT molecular complexity index is 1770. The maximum Gasteiger partial charge on any atom is 0.269 e. The minimum absolute atomic E-state index is 0.0149. The second-order valence-corrected chi connectivity index (χ2v) is 9.06. The number of rotatable bonds is 10. The predicted octanol–water partition coefficient (Wildman–Crippen LogP) is 7.74. The highest BCUT2D eigenvalue weighted by atomic mass is 16.6. The Kier molecular flexibility index (Phi) is 8.26. The Hall–Kier alpha value is -5.88. The lowest BCUT2D eigenvalue weighted by Gasteiger charge is -2.08. The minimum Gasteiger partial charge on any atom is -0.497 e. The van der Waals surface area contributed by atoms with Gasteiger partial charge in [0.25, 0.3) is 5.69 Å². The van der Waals surface area contributed by atoms with Crippen molar-refractivity contribution >= 4 is 17.8 Å². The number of benzene rings is 4. The monoisotopic (exact) mass is 559 g/mol. The zero-order valence-electron chi connectivity index (χ0n) is 22.8. The number of methoxy groups -OCH3 is 2. The summed E-state index contributed by atoms with van der Waals surface area (Å²) in [5.74, 6) is 2.58. The zero-order chi connectivity index (χ0) is 29.5. The summed E-state index contributed by atoms with van der Waals surface area (Å²) in [7, 11) is 3.19. The predicted molar refractivity (Wildman–Crippen MR) is 159 cm³/mol. The number of nitro groups is 1. The van der Waals surface area contributed by atoms with Crippen molar-refractivity contribution in [3.63, 3.8) is 0 Å². The van der Waals surface area contributed by atoms with E-state index >= 15 is 0 Å². The fraction of sp³-hybridized carbons (Fsp3) is 0.0909. The Labute approximate surface area is 242 Å². The summed E-state index contributed by atoms with van der Waals surface area (Å²) in [5, 5.41) is 21.2. The van der Waals surface area contributed by atoms with Crippen molar-refractivity contribution in [1.82, 2.24) is 0 Å². The van der Waals surface area contributed by atoms with Gasteiger partial charge in [-0.3, -0.25) is 10.1 Å². The van der Waals surface area contributed by atoms with Crippen LogP contribution in [0, 0.1) is 21.4 Å². The van der Waals surface area contributed by atoms with Gasteiger partial charge in [-0.15, -0.1) is 0 Å². The third kappa shape index (κ3) is 5.98. The number of nitrogens with zero attached hydrogens (tertiary/aromatic N) is 3. The van der Waals surface area contributed by atoms with Crippen molar-refractivity contribution < 1.29 is 23.6 Å². The van der Waals surface area contributed by atoms with E-state index in [0.717, 1.165) is 16.7 Å². The summed E-state index contributed by atoms with van der Waals surface area (Å²) < 4.78 is 22.8. The topological polar surface area (TPSA) is 120 Å². The van der Waals surface area contributed by atoms with E-state index in [0.29, 0.717) is 34.1 Å². The Morgan fingerprint density at radius 1 is 0.881 bits per heavy atom. The molecule has 208 valence electrons. The maximum absolute atomic E-state index is 10.9. The van der Waals surface area contributed by atoms with Crippen LogP contribution in [0.25, 0.3) is 22.5 Å². The first kappa shape index (κ1) is 27.7. The molecule has 9 heteroatoms. The van der Waals surface area contributed by atoms with Gasteiger partial charge in [0, 0.05) is 35.0 Å². The number of nitriles is 1. The minimum atomic E-state index is -0.444. The highest BCUT2D eigenvalue weighted by Gasteiger charge is 2.23. The number of hydrogen-bond donors (Lipinski definition) is 0. The smallest absolute Gasteiger partial charge is 0.269 e. The van der Waals surface area contributed by atoms with E-state index in [-0.39, 0.29) is 23.7 Å². The van der Waals surface area contributed by atoms with E-state index in [9.17, 15) is 15.4 Å². The fourth-order valence-electron chi connectivity index (χ4n) is 4.31. The zero-order valence-corrected chi connectivity index (χ0v) is 22.8. The molecule has 0 unspecified atom stereocenters. The molecule has 0 aliphatic heterocycles. The lowest BCUT2D eigenvalue weighted by molar-refractivity contribution is -0.384. The van der Waals surface area contributed by atoms with Crippen LogP contribution in [0.1, 0.15) is 16.7 Å². The van der Waals surface area contributed by atoms with Gasteiger partial charge in [0.15, 0.2) is 0 Å². The molecule has 0 spiro atoms. The molecule has 0 aliphatic carbocycles. The van der Waals surface area contributed by atoms with Gasteiger partial charge in [0.1, 0.15) is 41.2 Å². The SMILES string of the molecule is COc1ccc(-c2oc(N=Cc3ccccc3OCc3ccc([N+](=O)[O-])cc3)c(C#N)c2-c2ccc(OC)cc2)cc1. The average Bonchev–Trinajstić information content (AvgIpc) is 3.41. The molecule has 42 heavy (non-hydrogen) atoms. The summed E-state index contributed by atoms with van der Waals surface area (Å²) >= 11 is 0. The largest absolute Gasteiger partial charge is 0.497 e. The summed E-state index contributed by atoms with van der Waals surface area (Å²) in [6.07, 6.45) is 1.58. The van der Waals surface area contributed by atoms with Gasteiger partial charge in [-0.2, -0.15) is 5.26 Å². The molecule has 0 N–H and O–H groups in total. The Balaban J connectivity index is 1.49. The van der Waals surface area contributed by atoms with Gasteiger partial charge in [-0.1, -0.05) is 24.3 Å². The van der Waals surface area contributed by atoms with Gasteiger partial charge in [0.05, 0.1) is 19.1 Å². The van der Waals surface area contributed by atoms with E-state index in [1.165, 1.54) is 12.1 Å². The van der Waals surface area contributed by atoms with Crippen LogP contribution in [0.2, 0.25) is 0 Å². The van der Waals surface area contributed by atoms with Crippen LogP contribution in [0.5, 0.6) is 17.2 Å². The summed E-state index contributed by atoms with van der Waals surface area (Å²) in [6, 6.07) is 30.5. The molecule has 1 aromatic heterocycles. The first-order valence-electron chi connectivity index (χ1n) is 12.9. The van der Waals surface area contributed by atoms with Crippen LogP contribution in [-0.4, -0.2) is 25.4 Å². The van der Waals surface area contributed by atoms with Gasteiger partial charge >= 0.3 is 0 Å². The molecule has 0 atom stereocenters. The van der Waals surface area contributed by atoms with Crippen LogP contribution in [-0.2, 0) is 6.61 Å². The number of aliphatic imine (C=N–C) groups is 1. The van der Waals surface area contributed by atoms with Crippen molar-refractivity contribution in [1.29, 1.82) is 5.26 Å². The van der Waals surface area contributed by atoms with Crippen molar-refractivity contribution in [2.75, 3.05) is 14.2 Å². The molecule has 0 bridgehead atoms. The van der Waals surface area contributed by atoms with Crippen LogP contribution >= 0.6 is 0 Å². The highest BCUT2D eigenvalue weighted by molar-refractivity contribution is 5.91. The molecule has 0 amide bonds. The molecule has 0 saturated carbocycles.